The lowest BCUT2D eigenvalue weighted by molar-refractivity contribution is -0.121. The minimum absolute atomic E-state index is 0.0602. The zero-order valence-corrected chi connectivity index (χ0v) is 18.0. The topological polar surface area (TPSA) is 91.7 Å². The first-order valence-corrected chi connectivity index (χ1v) is 12.0. The number of anilines is 1. The molecule has 2 aromatic carbocycles. The standard InChI is InChI=1S/C21H20N4O3S2/c1-13-22-17-9-8-15(11-18(17)29-13)23-21(26)14-5-4-10-25(12-14)20-16-6-2-3-7-19(16)30(27,28)24-20/h2-3,6-9,11,14H,4-5,10,12H2,1H3,(H,23,26). The molecule has 1 atom stereocenters. The van der Waals surface area contributed by atoms with Crippen molar-refractivity contribution in [3.8, 4) is 0 Å². The molecule has 0 saturated carbocycles. The van der Waals surface area contributed by atoms with Crippen molar-refractivity contribution in [3.05, 3.63) is 53.0 Å². The van der Waals surface area contributed by atoms with E-state index in [9.17, 15) is 13.2 Å². The van der Waals surface area contributed by atoms with E-state index in [-0.39, 0.29) is 16.7 Å². The summed E-state index contributed by atoms with van der Waals surface area (Å²) in [6.45, 7) is 3.08. The SMILES string of the molecule is Cc1nc2ccc(NC(=O)C3CCCN(C4=NS(=O)(=O)c5ccccc54)C3)cc2s1. The van der Waals surface area contributed by atoms with Gasteiger partial charge in [0.05, 0.1) is 21.1 Å². The molecular weight excluding hydrogens is 420 g/mol. The summed E-state index contributed by atoms with van der Waals surface area (Å²) in [4.78, 5) is 19.5. The molecule has 1 saturated heterocycles. The average molecular weight is 441 g/mol. The average Bonchev–Trinajstić information content (AvgIpc) is 3.24. The lowest BCUT2D eigenvalue weighted by atomic mass is 9.96. The largest absolute Gasteiger partial charge is 0.355 e. The van der Waals surface area contributed by atoms with Gasteiger partial charge >= 0.3 is 0 Å². The van der Waals surface area contributed by atoms with E-state index in [4.69, 9.17) is 0 Å². The van der Waals surface area contributed by atoms with Crippen molar-refractivity contribution in [3.63, 3.8) is 0 Å². The maximum atomic E-state index is 12.9. The quantitative estimate of drug-likeness (QED) is 0.659. The molecule has 5 rings (SSSR count). The highest BCUT2D eigenvalue weighted by molar-refractivity contribution is 7.90. The van der Waals surface area contributed by atoms with Crippen molar-refractivity contribution in [1.29, 1.82) is 0 Å². The predicted molar refractivity (Wildman–Crippen MR) is 117 cm³/mol. The van der Waals surface area contributed by atoms with Crippen LogP contribution in [0.2, 0.25) is 0 Å². The molecule has 1 amide bonds. The van der Waals surface area contributed by atoms with Crippen LogP contribution in [0.5, 0.6) is 0 Å². The molecule has 0 aliphatic carbocycles. The molecule has 0 spiro atoms. The number of thiazole rings is 1. The number of nitrogens with zero attached hydrogens (tertiary/aromatic N) is 3. The van der Waals surface area contributed by atoms with Crippen LogP contribution >= 0.6 is 11.3 Å². The number of benzene rings is 2. The summed E-state index contributed by atoms with van der Waals surface area (Å²) >= 11 is 1.60. The monoisotopic (exact) mass is 440 g/mol. The van der Waals surface area contributed by atoms with Crippen molar-refractivity contribution in [2.45, 2.75) is 24.7 Å². The van der Waals surface area contributed by atoms with Crippen molar-refractivity contribution < 1.29 is 13.2 Å². The molecule has 3 aromatic rings. The second kappa shape index (κ2) is 7.17. The summed E-state index contributed by atoms with van der Waals surface area (Å²) in [7, 11) is -3.67. The fraction of sp³-hybridized carbons (Fsp3) is 0.286. The van der Waals surface area contributed by atoms with Crippen LogP contribution in [0.3, 0.4) is 0 Å². The lowest BCUT2D eigenvalue weighted by Gasteiger charge is -2.33. The minimum Gasteiger partial charge on any atom is -0.355 e. The highest BCUT2D eigenvalue weighted by Crippen LogP contribution is 2.30. The molecule has 1 aromatic heterocycles. The second-order valence-electron chi connectivity index (χ2n) is 7.58. The van der Waals surface area contributed by atoms with Crippen LogP contribution in [-0.4, -0.2) is 43.1 Å². The Hall–Kier alpha value is -2.78. The molecule has 0 bridgehead atoms. The van der Waals surface area contributed by atoms with Gasteiger partial charge in [-0.1, -0.05) is 12.1 Å². The number of aryl methyl sites for hydroxylation is 1. The summed E-state index contributed by atoms with van der Waals surface area (Å²) < 4.78 is 29.8. The first-order valence-electron chi connectivity index (χ1n) is 9.78. The van der Waals surface area contributed by atoms with Crippen molar-refractivity contribution in [2.75, 3.05) is 18.4 Å². The Morgan fingerprint density at radius 2 is 2.07 bits per heavy atom. The summed E-state index contributed by atoms with van der Waals surface area (Å²) in [5.74, 6) is 0.149. The van der Waals surface area contributed by atoms with Gasteiger partial charge in [-0.2, -0.15) is 8.42 Å². The Kier molecular flexibility index (Phi) is 4.59. The molecule has 2 aliphatic heterocycles. The van der Waals surface area contributed by atoms with Crippen LogP contribution in [0.25, 0.3) is 10.2 Å². The van der Waals surface area contributed by atoms with Crippen molar-refractivity contribution in [1.82, 2.24) is 9.88 Å². The maximum absolute atomic E-state index is 12.9. The molecular formula is C21H20N4O3S2. The van der Waals surface area contributed by atoms with Gasteiger partial charge in [-0.15, -0.1) is 15.7 Å². The zero-order valence-electron chi connectivity index (χ0n) is 16.3. The first kappa shape index (κ1) is 19.2. The summed E-state index contributed by atoms with van der Waals surface area (Å²) in [6.07, 6.45) is 1.55. The van der Waals surface area contributed by atoms with Crippen LogP contribution in [0.1, 0.15) is 23.4 Å². The molecule has 9 heteroatoms. The lowest BCUT2D eigenvalue weighted by Crippen LogP contribution is -2.43. The third-order valence-corrected chi connectivity index (χ3v) is 7.73. The first-order chi connectivity index (χ1) is 14.4. The van der Waals surface area contributed by atoms with E-state index in [0.717, 1.165) is 33.8 Å². The third-order valence-electron chi connectivity index (χ3n) is 5.47. The summed E-state index contributed by atoms with van der Waals surface area (Å²) in [5.41, 5.74) is 2.29. The highest BCUT2D eigenvalue weighted by atomic mass is 32.2. The number of sulfonamides is 1. The van der Waals surface area contributed by atoms with Crippen molar-refractivity contribution in [2.24, 2.45) is 10.3 Å². The number of likely N-dealkylation sites (tertiary alicyclic amines) is 1. The smallest absolute Gasteiger partial charge is 0.285 e. The van der Waals surface area contributed by atoms with E-state index in [2.05, 4.69) is 14.7 Å². The maximum Gasteiger partial charge on any atom is 0.285 e. The fourth-order valence-corrected chi connectivity index (χ4v) is 6.16. The van der Waals surface area contributed by atoms with Gasteiger partial charge in [-0.05, 0) is 50.1 Å². The normalized spacial score (nSPS) is 20.1. The van der Waals surface area contributed by atoms with E-state index in [1.165, 1.54) is 0 Å². The predicted octanol–water partition coefficient (Wildman–Crippen LogP) is 3.40. The molecule has 1 unspecified atom stereocenters. The van der Waals surface area contributed by atoms with Gasteiger partial charge in [0.15, 0.2) is 5.84 Å². The zero-order chi connectivity index (χ0) is 20.9. The second-order valence-corrected chi connectivity index (χ2v) is 10.4. The molecule has 1 N–H and O–H groups in total. The molecule has 2 aliphatic rings. The Labute approximate surface area is 178 Å². The highest BCUT2D eigenvalue weighted by Gasteiger charge is 2.35. The molecule has 1 fully saturated rings. The van der Waals surface area contributed by atoms with E-state index >= 15 is 0 Å². The van der Waals surface area contributed by atoms with Crippen LogP contribution in [0.4, 0.5) is 5.69 Å². The fourth-order valence-electron chi connectivity index (χ4n) is 4.06. The van der Waals surface area contributed by atoms with Crippen LogP contribution in [0, 0.1) is 12.8 Å². The number of fused-ring (bicyclic) bond motifs is 2. The number of nitrogens with one attached hydrogen (secondary N) is 1. The Morgan fingerprint density at radius 1 is 1.23 bits per heavy atom. The molecule has 7 nitrogen and oxygen atoms in total. The van der Waals surface area contributed by atoms with Gasteiger partial charge in [0.2, 0.25) is 5.91 Å². The number of hydrogen-bond donors (Lipinski definition) is 1. The number of amidine groups is 1. The van der Waals surface area contributed by atoms with E-state index < -0.39 is 10.0 Å². The van der Waals surface area contributed by atoms with Crippen LogP contribution < -0.4 is 5.32 Å². The molecule has 3 heterocycles. The molecule has 154 valence electrons. The van der Waals surface area contributed by atoms with Crippen molar-refractivity contribution >= 4 is 49.0 Å². The van der Waals surface area contributed by atoms with Gasteiger partial charge in [-0.25, -0.2) is 4.98 Å². The number of carbonyl (C=O) groups is 1. The van der Waals surface area contributed by atoms with Gasteiger partial charge in [-0.3, -0.25) is 4.79 Å². The Morgan fingerprint density at radius 3 is 2.93 bits per heavy atom. The Bertz CT molecular complexity index is 1300. The van der Waals surface area contributed by atoms with E-state index in [0.29, 0.717) is 24.5 Å². The molecule has 30 heavy (non-hydrogen) atoms. The number of hydrogen-bond acceptors (Lipinski definition) is 6. The van der Waals surface area contributed by atoms with Gasteiger partial charge in [0, 0.05) is 24.3 Å². The van der Waals surface area contributed by atoms with Gasteiger partial charge in [0.25, 0.3) is 10.0 Å². The van der Waals surface area contributed by atoms with Gasteiger partial charge in [0.1, 0.15) is 4.90 Å². The van der Waals surface area contributed by atoms with E-state index in [1.54, 1.807) is 35.6 Å². The number of piperidine rings is 1. The number of aromatic nitrogens is 1. The Balaban J connectivity index is 1.34. The number of rotatable bonds is 2. The number of carbonyl (C=O) groups excluding carboxylic acids is 1. The van der Waals surface area contributed by atoms with Crippen LogP contribution in [0.15, 0.2) is 51.8 Å². The summed E-state index contributed by atoms with van der Waals surface area (Å²) in [5, 5.41) is 4.00. The van der Waals surface area contributed by atoms with Crippen LogP contribution in [-0.2, 0) is 14.8 Å². The summed E-state index contributed by atoms with van der Waals surface area (Å²) in [6, 6.07) is 12.6. The molecule has 0 radical (unpaired) electrons. The number of amides is 1. The van der Waals surface area contributed by atoms with E-state index in [1.807, 2.05) is 30.0 Å². The minimum atomic E-state index is -3.67. The van der Waals surface area contributed by atoms with Gasteiger partial charge < -0.3 is 10.2 Å². The third kappa shape index (κ3) is 3.37.